The Labute approximate surface area is 183 Å². The molecular weight excluding hydrogens is 414 g/mol. The second-order valence-electron chi connectivity index (χ2n) is 6.45. The van der Waals surface area contributed by atoms with E-state index in [1.54, 1.807) is 36.4 Å². The van der Waals surface area contributed by atoms with Gasteiger partial charge in [-0.05, 0) is 79.8 Å². The fraction of sp³-hybridized carbons (Fsp3) is 0.0870. The average molecular weight is 433 g/mol. The van der Waals surface area contributed by atoms with Crippen LogP contribution in [0.5, 0.6) is 5.75 Å². The number of hydrogen-bond acceptors (Lipinski definition) is 6. The van der Waals surface area contributed by atoms with Crippen LogP contribution in [0.15, 0.2) is 75.8 Å². The van der Waals surface area contributed by atoms with Crippen LogP contribution in [-0.4, -0.2) is 22.6 Å². The van der Waals surface area contributed by atoms with Crippen molar-refractivity contribution in [3.05, 3.63) is 72.7 Å². The Morgan fingerprint density at radius 3 is 2.77 bits per heavy atom. The third kappa shape index (κ3) is 5.18. The number of nitrogens with one attached hydrogen (secondary N) is 2. The van der Waals surface area contributed by atoms with Crippen molar-refractivity contribution >= 4 is 46.1 Å². The highest BCUT2D eigenvalue weighted by Crippen LogP contribution is 2.27. The number of carbonyl (C=O) groups is 1. The minimum absolute atomic E-state index is 0.170. The number of nitrogens with zero attached hydrogens (tertiary/aromatic N) is 1. The Bertz CT molecular complexity index is 1230. The molecule has 2 aromatic carbocycles. The maximum atomic E-state index is 12.0. The van der Waals surface area contributed by atoms with Crippen LogP contribution in [0.3, 0.4) is 0 Å². The van der Waals surface area contributed by atoms with Gasteiger partial charge in [-0.1, -0.05) is 0 Å². The van der Waals surface area contributed by atoms with Crippen molar-refractivity contribution in [3.63, 3.8) is 0 Å². The predicted octanol–water partition coefficient (Wildman–Crippen LogP) is 5.01. The molecule has 0 aliphatic rings. The lowest BCUT2D eigenvalue weighted by molar-refractivity contribution is -0.115. The van der Waals surface area contributed by atoms with E-state index in [4.69, 9.17) is 25.8 Å². The molecule has 0 atom stereocenters. The number of carbonyl (C=O) groups excluding carboxylic acids is 1. The van der Waals surface area contributed by atoms with Gasteiger partial charge in [-0.15, -0.1) is 0 Å². The summed E-state index contributed by atoms with van der Waals surface area (Å²) in [6.07, 6.45) is 4.43. The molecule has 156 valence electrons. The van der Waals surface area contributed by atoms with Gasteiger partial charge < -0.3 is 18.9 Å². The second-order valence-corrected chi connectivity index (χ2v) is 6.86. The monoisotopic (exact) mass is 433 g/mol. The van der Waals surface area contributed by atoms with Crippen molar-refractivity contribution in [1.29, 1.82) is 0 Å². The summed E-state index contributed by atoms with van der Waals surface area (Å²) < 4.78 is 16.4. The van der Waals surface area contributed by atoms with Gasteiger partial charge in [-0.2, -0.15) is 0 Å². The number of benzene rings is 2. The zero-order valence-corrected chi connectivity index (χ0v) is 17.4. The number of oxazole rings is 1. The molecule has 1 amide bonds. The number of thiocarbonyl (C=S) groups is 1. The molecule has 4 aromatic rings. The quantitative estimate of drug-likeness (QED) is 0.326. The van der Waals surface area contributed by atoms with E-state index in [-0.39, 0.29) is 11.0 Å². The molecule has 31 heavy (non-hydrogen) atoms. The van der Waals surface area contributed by atoms with E-state index < -0.39 is 0 Å². The summed E-state index contributed by atoms with van der Waals surface area (Å²) in [6.45, 7) is 2.55. The summed E-state index contributed by atoms with van der Waals surface area (Å²) >= 11 is 5.21. The fourth-order valence-electron chi connectivity index (χ4n) is 2.85. The summed E-state index contributed by atoms with van der Waals surface area (Å²) in [5, 5.41) is 5.73. The number of aromatic nitrogens is 1. The molecule has 2 aromatic heterocycles. The average Bonchev–Trinajstić information content (AvgIpc) is 3.42. The van der Waals surface area contributed by atoms with Gasteiger partial charge in [0.2, 0.25) is 11.8 Å². The standard InChI is InChI=1S/C23H19N3O4S/c1-2-28-18-8-5-15(6-9-18)22-25-19-14-16(7-11-20(19)30-22)24-23(31)26-21(27)12-10-17-4-3-13-29-17/h3-14H,2H2,1H3,(H2,24,26,27,31). The van der Waals surface area contributed by atoms with Crippen LogP contribution in [0.25, 0.3) is 28.6 Å². The lowest BCUT2D eigenvalue weighted by Crippen LogP contribution is -2.32. The van der Waals surface area contributed by atoms with Crippen LogP contribution in [0, 0.1) is 0 Å². The van der Waals surface area contributed by atoms with Crippen molar-refractivity contribution in [2.75, 3.05) is 11.9 Å². The van der Waals surface area contributed by atoms with Crippen LogP contribution in [-0.2, 0) is 4.79 Å². The molecule has 4 rings (SSSR count). The summed E-state index contributed by atoms with van der Waals surface area (Å²) in [4.78, 5) is 16.5. The molecular formula is C23H19N3O4S. The van der Waals surface area contributed by atoms with Crippen molar-refractivity contribution in [2.45, 2.75) is 6.92 Å². The van der Waals surface area contributed by atoms with Crippen LogP contribution >= 0.6 is 12.2 Å². The number of fused-ring (bicyclic) bond motifs is 1. The second kappa shape index (κ2) is 9.27. The van der Waals surface area contributed by atoms with Gasteiger partial charge in [0.25, 0.3) is 0 Å². The number of anilines is 1. The lowest BCUT2D eigenvalue weighted by atomic mass is 10.2. The van der Waals surface area contributed by atoms with E-state index in [1.165, 1.54) is 12.3 Å². The first-order chi connectivity index (χ1) is 15.1. The van der Waals surface area contributed by atoms with E-state index in [0.29, 0.717) is 35.0 Å². The SMILES string of the molecule is CCOc1ccc(-c2nc3cc(NC(=S)NC(=O)C=Cc4ccco4)ccc3o2)cc1. The van der Waals surface area contributed by atoms with E-state index >= 15 is 0 Å². The zero-order valence-electron chi connectivity index (χ0n) is 16.6. The topological polar surface area (TPSA) is 89.5 Å². The third-order valence-electron chi connectivity index (χ3n) is 4.24. The first-order valence-corrected chi connectivity index (χ1v) is 9.99. The number of furan rings is 1. The number of ether oxygens (including phenoxy) is 1. The van der Waals surface area contributed by atoms with Gasteiger partial charge in [0, 0.05) is 17.3 Å². The summed E-state index contributed by atoms with van der Waals surface area (Å²) in [5.74, 6) is 1.51. The molecule has 0 saturated carbocycles. The summed E-state index contributed by atoms with van der Waals surface area (Å²) in [5.41, 5.74) is 2.84. The molecule has 0 aliphatic carbocycles. The first-order valence-electron chi connectivity index (χ1n) is 9.58. The molecule has 0 unspecified atom stereocenters. The van der Waals surface area contributed by atoms with Crippen molar-refractivity contribution < 1.29 is 18.4 Å². The Morgan fingerprint density at radius 2 is 2.03 bits per heavy atom. The molecule has 8 heteroatoms. The molecule has 2 N–H and O–H groups in total. The first kappa shape index (κ1) is 20.4. The Hall–Kier alpha value is -3.91. The van der Waals surface area contributed by atoms with Gasteiger partial charge in [-0.3, -0.25) is 10.1 Å². The van der Waals surface area contributed by atoms with E-state index in [1.807, 2.05) is 31.2 Å². The van der Waals surface area contributed by atoms with Crippen molar-refractivity contribution in [1.82, 2.24) is 10.3 Å². The van der Waals surface area contributed by atoms with Crippen LogP contribution in [0.4, 0.5) is 5.69 Å². The Balaban J connectivity index is 1.41. The molecule has 0 radical (unpaired) electrons. The smallest absolute Gasteiger partial charge is 0.250 e. The molecule has 0 bridgehead atoms. The number of hydrogen-bond donors (Lipinski definition) is 2. The zero-order chi connectivity index (χ0) is 21.6. The maximum absolute atomic E-state index is 12.0. The highest BCUT2D eigenvalue weighted by molar-refractivity contribution is 7.80. The summed E-state index contributed by atoms with van der Waals surface area (Å²) in [7, 11) is 0. The van der Waals surface area contributed by atoms with Crippen LogP contribution in [0.1, 0.15) is 12.7 Å². The molecule has 0 aliphatic heterocycles. The molecule has 0 fully saturated rings. The van der Waals surface area contributed by atoms with Crippen LogP contribution in [0.2, 0.25) is 0 Å². The van der Waals surface area contributed by atoms with Gasteiger partial charge in [-0.25, -0.2) is 4.98 Å². The highest BCUT2D eigenvalue weighted by atomic mass is 32.1. The molecule has 7 nitrogen and oxygen atoms in total. The highest BCUT2D eigenvalue weighted by Gasteiger charge is 2.10. The van der Waals surface area contributed by atoms with E-state index in [9.17, 15) is 4.79 Å². The predicted molar refractivity (Wildman–Crippen MR) is 123 cm³/mol. The van der Waals surface area contributed by atoms with Crippen molar-refractivity contribution in [3.8, 4) is 17.2 Å². The normalized spacial score (nSPS) is 11.0. The minimum atomic E-state index is -0.366. The molecule has 0 spiro atoms. The van der Waals surface area contributed by atoms with E-state index in [0.717, 1.165) is 11.3 Å². The van der Waals surface area contributed by atoms with Gasteiger partial charge >= 0.3 is 0 Å². The van der Waals surface area contributed by atoms with Crippen LogP contribution < -0.4 is 15.4 Å². The van der Waals surface area contributed by atoms with Gasteiger partial charge in [0.1, 0.15) is 17.0 Å². The summed E-state index contributed by atoms with van der Waals surface area (Å²) in [6, 6.07) is 16.4. The van der Waals surface area contributed by atoms with E-state index in [2.05, 4.69) is 15.6 Å². The largest absolute Gasteiger partial charge is 0.494 e. The number of rotatable bonds is 6. The maximum Gasteiger partial charge on any atom is 0.250 e. The lowest BCUT2D eigenvalue weighted by Gasteiger charge is -2.07. The minimum Gasteiger partial charge on any atom is -0.494 e. The third-order valence-corrected chi connectivity index (χ3v) is 4.44. The number of amides is 1. The Kier molecular flexibility index (Phi) is 6.09. The van der Waals surface area contributed by atoms with Gasteiger partial charge in [0.15, 0.2) is 10.7 Å². The molecule has 2 heterocycles. The fourth-order valence-corrected chi connectivity index (χ4v) is 3.07. The van der Waals surface area contributed by atoms with Gasteiger partial charge in [0.05, 0.1) is 12.9 Å². The Morgan fingerprint density at radius 1 is 1.19 bits per heavy atom. The van der Waals surface area contributed by atoms with Crippen molar-refractivity contribution in [2.24, 2.45) is 0 Å². The molecule has 0 saturated heterocycles.